The lowest BCUT2D eigenvalue weighted by Crippen LogP contribution is -2.30. The molecule has 1 heterocycles. The van der Waals surface area contributed by atoms with Gasteiger partial charge in [-0.25, -0.2) is 0 Å². The summed E-state index contributed by atoms with van der Waals surface area (Å²) >= 11 is 0. The summed E-state index contributed by atoms with van der Waals surface area (Å²) in [5.41, 5.74) is 4.71. The van der Waals surface area contributed by atoms with E-state index < -0.39 is 0 Å². The molecular weight excluding hydrogens is 394 g/mol. The van der Waals surface area contributed by atoms with Crippen LogP contribution in [0.3, 0.4) is 0 Å². The van der Waals surface area contributed by atoms with Gasteiger partial charge in [0.15, 0.2) is 0 Å². The summed E-state index contributed by atoms with van der Waals surface area (Å²) in [5.74, 6) is 1.71. The lowest BCUT2D eigenvalue weighted by molar-refractivity contribution is -0.134. The first kappa shape index (κ1) is 20.6. The van der Waals surface area contributed by atoms with Crippen molar-refractivity contribution in [2.45, 2.75) is 25.9 Å². The molecule has 3 aromatic rings. The van der Waals surface area contributed by atoms with Crippen molar-refractivity contribution in [2.24, 2.45) is 17.8 Å². The van der Waals surface area contributed by atoms with Gasteiger partial charge < -0.3 is 9.64 Å². The van der Waals surface area contributed by atoms with Crippen LogP contribution in [0.1, 0.15) is 30.5 Å². The summed E-state index contributed by atoms with van der Waals surface area (Å²) in [6, 6.07) is 27.1. The zero-order valence-electron chi connectivity index (χ0n) is 18.6. The fourth-order valence-electron chi connectivity index (χ4n) is 5.46. The van der Waals surface area contributed by atoms with Gasteiger partial charge in [-0.05, 0) is 46.7 Å². The molecule has 1 amide bonds. The summed E-state index contributed by atoms with van der Waals surface area (Å²) < 4.78 is 5.35. The number of carbonyl (C=O) groups excluding carboxylic acids is 1. The van der Waals surface area contributed by atoms with E-state index in [0.29, 0.717) is 12.5 Å². The molecule has 1 aliphatic carbocycles. The van der Waals surface area contributed by atoms with Gasteiger partial charge in [-0.1, -0.05) is 85.8 Å². The van der Waals surface area contributed by atoms with Crippen molar-refractivity contribution in [3.63, 3.8) is 0 Å². The first-order chi connectivity index (χ1) is 15.7. The Bertz CT molecular complexity index is 1120. The Balaban J connectivity index is 1.61. The van der Waals surface area contributed by atoms with E-state index in [1.165, 1.54) is 16.7 Å². The fraction of sp³-hybridized carbons (Fsp3) is 0.276. The van der Waals surface area contributed by atoms with Gasteiger partial charge in [-0.3, -0.25) is 4.79 Å². The number of hydrogen-bond acceptors (Lipinski definition) is 2. The molecule has 0 bridgehead atoms. The second kappa shape index (κ2) is 8.66. The van der Waals surface area contributed by atoms with E-state index in [4.69, 9.17) is 4.74 Å². The highest BCUT2D eigenvalue weighted by Gasteiger charge is 2.50. The molecule has 3 aromatic carbocycles. The molecule has 3 heteroatoms. The van der Waals surface area contributed by atoms with E-state index in [1.54, 1.807) is 7.11 Å². The topological polar surface area (TPSA) is 29.5 Å². The second-order valence-corrected chi connectivity index (χ2v) is 8.96. The van der Waals surface area contributed by atoms with Gasteiger partial charge in [-0.15, -0.1) is 0 Å². The van der Waals surface area contributed by atoms with Crippen LogP contribution in [0.15, 0.2) is 91.0 Å². The third kappa shape index (κ3) is 3.62. The Morgan fingerprint density at radius 2 is 1.66 bits per heavy atom. The molecule has 0 radical (unpaired) electrons. The molecular formula is C29H29NO2. The molecule has 0 spiro atoms. The second-order valence-electron chi connectivity index (χ2n) is 8.96. The number of carbonyl (C=O) groups is 1. The zero-order chi connectivity index (χ0) is 22.1. The molecule has 0 saturated carbocycles. The van der Waals surface area contributed by atoms with Crippen LogP contribution in [0, 0.1) is 17.8 Å². The van der Waals surface area contributed by atoms with E-state index in [0.717, 1.165) is 17.7 Å². The molecule has 1 aliphatic heterocycles. The first-order valence-electron chi connectivity index (χ1n) is 11.4. The highest BCUT2D eigenvalue weighted by Crippen LogP contribution is 2.50. The third-order valence-corrected chi connectivity index (χ3v) is 7.04. The predicted octanol–water partition coefficient (Wildman–Crippen LogP) is 6.27. The van der Waals surface area contributed by atoms with Crippen LogP contribution in [-0.4, -0.2) is 17.9 Å². The van der Waals surface area contributed by atoms with Gasteiger partial charge in [0.05, 0.1) is 13.2 Å². The Hall–Kier alpha value is -3.33. The minimum Gasteiger partial charge on any atom is -0.497 e. The van der Waals surface area contributed by atoms with Gasteiger partial charge in [0.1, 0.15) is 5.75 Å². The zero-order valence-corrected chi connectivity index (χ0v) is 18.6. The van der Waals surface area contributed by atoms with Crippen molar-refractivity contribution < 1.29 is 9.53 Å². The smallest absolute Gasteiger partial charge is 0.227 e. The maximum atomic E-state index is 13.7. The quantitative estimate of drug-likeness (QED) is 0.452. The van der Waals surface area contributed by atoms with Crippen molar-refractivity contribution in [1.29, 1.82) is 0 Å². The number of ether oxygens (including phenoxy) is 1. The molecule has 4 atom stereocenters. The van der Waals surface area contributed by atoms with E-state index in [1.807, 2.05) is 30.3 Å². The van der Waals surface area contributed by atoms with Gasteiger partial charge in [0.25, 0.3) is 0 Å². The Morgan fingerprint density at radius 3 is 2.41 bits per heavy atom. The van der Waals surface area contributed by atoms with Crippen molar-refractivity contribution in [3.05, 3.63) is 102 Å². The van der Waals surface area contributed by atoms with E-state index in [-0.39, 0.29) is 23.8 Å². The van der Waals surface area contributed by atoms with Crippen molar-refractivity contribution in [3.8, 4) is 16.9 Å². The van der Waals surface area contributed by atoms with E-state index >= 15 is 0 Å². The predicted molar refractivity (Wildman–Crippen MR) is 128 cm³/mol. The van der Waals surface area contributed by atoms with Crippen LogP contribution in [0.25, 0.3) is 11.1 Å². The number of benzene rings is 3. The molecule has 1 saturated heterocycles. The molecule has 5 rings (SSSR count). The molecule has 162 valence electrons. The number of methoxy groups -OCH3 is 1. The minimum absolute atomic E-state index is 0.0185. The highest BCUT2D eigenvalue weighted by molar-refractivity contribution is 5.84. The summed E-state index contributed by atoms with van der Waals surface area (Å²) in [4.78, 5) is 15.9. The van der Waals surface area contributed by atoms with Crippen LogP contribution in [-0.2, 0) is 11.3 Å². The maximum Gasteiger partial charge on any atom is 0.227 e. The van der Waals surface area contributed by atoms with Crippen molar-refractivity contribution in [1.82, 2.24) is 4.90 Å². The average molecular weight is 424 g/mol. The van der Waals surface area contributed by atoms with E-state index in [2.05, 4.69) is 72.5 Å². The lowest BCUT2D eigenvalue weighted by Gasteiger charge is -2.31. The maximum absolute atomic E-state index is 13.7. The van der Waals surface area contributed by atoms with Gasteiger partial charge in [0.2, 0.25) is 5.91 Å². The molecule has 0 aromatic heterocycles. The number of likely N-dealkylation sites (tertiary alicyclic amines) is 1. The number of fused-ring (bicyclic) bond motifs is 1. The van der Waals surface area contributed by atoms with E-state index in [9.17, 15) is 4.79 Å². The number of allylic oxidation sites excluding steroid dienone is 1. The molecule has 32 heavy (non-hydrogen) atoms. The van der Waals surface area contributed by atoms with Crippen molar-refractivity contribution in [2.75, 3.05) is 7.11 Å². The van der Waals surface area contributed by atoms with Gasteiger partial charge >= 0.3 is 0 Å². The number of hydrogen-bond donors (Lipinski definition) is 0. The largest absolute Gasteiger partial charge is 0.497 e. The van der Waals surface area contributed by atoms with Crippen LogP contribution >= 0.6 is 0 Å². The molecule has 3 nitrogen and oxygen atoms in total. The SMILES string of the molecule is COc1ccc(-c2ccccc2[C@H]2[C@@H]3C=CC[C@H](C)[C@H]3C(=O)N2Cc2ccccc2)cc1. The average Bonchev–Trinajstić information content (AvgIpc) is 3.12. The van der Waals surface area contributed by atoms with Gasteiger partial charge in [-0.2, -0.15) is 0 Å². The Kier molecular flexibility index (Phi) is 5.57. The molecule has 1 fully saturated rings. The molecule has 2 aliphatic rings. The summed E-state index contributed by atoms with van der Waals surface area (Å²) in [6.07, 6.45) is 5.54. The highest BCUT2D eigenvalue weighted by atomic mass is 16.5. The number of nitrogens with zero attached hydrogens (tertiary/aromatic N) is 1. The normalized spacial score (nSPS) is 24.4. The molecule has 0 N–H and O–H groups in total. The van der Waals surface area contributed by atoms with Crippen LogP contribution in [0.4, 0.5) is 0 Å². The standard InChI is InChI=1S/C29H29NO2/c1-20-9-8-14-26-27(20)29(31)30(19-21-10-4-3-5-11-21)28(26)25-13-7-6-12-24(25)22-15-17-23(32-2)18-16-22/h3-8,10-18,20,26-28H,9,19H2,1-2H3/t20-,26+,27+,28-/m0/s1. The van der Waals surface area contributed by atoms with Gasteiger partial charge in [0, 0.05) is 18.4 Å². The number of rotatable bonds is 5. The third-order valence-electron chi connectivity index (χ3n) is 7.04. The Labute approximate surface area is 190 Å². The van der Waals surface area contributed by atoms with Crippen LogP contribution < -0.4 is 4.74 Å². The van der Waals surface area contributed by atoms with Crippen LogP contribution in [0.5, 0.6) is 5.75 Å². The Morgan fingerprint density at radius 1 is 0.938 bits per heavy atom. The van der Waals surface area contributed by atoms with Crippen molar-refractivity contribution >= 4 is 5.91 Å². The minimum atomic E-state index is 0.0185. The van der Waals surface area contributed by atoms with Crippen LogP contribution in [0.2, 0.25) is 0 Å². The monoisotopic (exact) mass is 423 g/mol. The molecule has 0 unspecified atom stereocenters. The fourth-order valence-corrected chi connectivity index (χ4v) is 5.46. The summed E-state index contributed by atoms with van der Waals surface area (Å²) in [7, 11) is 1.69. The first-order valence-corrected chi connectivity index (χ1v) is 11.4. The summed E-state index contributed by atoms with van der Waals surface area (Å²) in [6.45, 7) is 2.85. The summed E-state index contributed by atoms with van der Waals surface area (Å²) in [5, 5.41) is 0. The number of amides is 1. The lowest BCUT2D eigenvalue weighted by atomic mass is 9.74.